The summed E-state index contributed by atoms with van der Waals surface area (Å²) in [6.07, 6.45) is 4.85. The second-order valence-corrected chi connectivity index (χ2v) is 8.34. The maximum atomic E-state index is 12.0. The molecule has 0 spiro atoms. The number of hydrogen-bond acceptors (Lipinski definition) is 4. The van der Waals surface area contributed by atoms with Crippen LogP contribution in [0.4, 0.5) is 5.69 Å². The van der Waals surface area contributed by atoms with Crippen LogP contribution in [0.25, 0.3) is 11.1 Å². The lowest BCUT2D eigenvalue weighted by Crippen LogP contribution is -2.15. The number of ether oxygens (including phenoxy) is 1. The van der Waals surface area contributed by atoms with Crippen LogP contribution < -0.4 is 4.74 Å². The second-order valence-electron chi connectivity index (χ2n) is 8.34. The highest BCUT2D eigenvalue weighted by Gasteiger charge is 2.25. The molecule has 1 fully saturated rings. The predicted molar refractivity (Wildman–Crippen MR) is 116 cm³/mol. The van der Waals surface area contributed by atoms with Gasteiger partial charge in [0.1, 0.15) is 5.75 Å². The Morgan fingerprint density at radius 2 is 2.03 bits per heavy atom. The molecule has 1 saturated carbocycles. The number of rotatable bonds is 11. The molecule has 160 valence electrons. The summed E-state index contributed by atoms with van der Waals surface area (Å²) < 4.78 is 6.01. The van der Waals surface area contributed by atoms with Gasteiger partial charge in [0, 0.05) is 17.7 Å². The quantitative estimate of drug-likeness (QED) is 0.359. The standard InChI is InChI=1S/C24H29NO5/c1-3-5-16(2)12-22(24(26)27)19-10-11-23(30-15-17-8-9-17)21(14-19)18-6-4-7-20(13-18)25(28)29/h4,6-7,10-11,13-14,16-17,22H,3,5,8-9,12,15H2,1-2H3,(H,26,27). The van der Waals surface area contributed by atoms with Crippen LogP contribution in [0.1, 0.15) is 57.4 Å². The van der Waals surface area contributed by atoms with Gasteiger partial charge in [0.05, 0.1) is 17.4 Å². The molecule has 3 rings (SSSR count). The molecule has 1 aliphatic carbocycles. The van der Waals surface area contributed by atoms with E-state index in [2.05, 4.69) is 13.8 Å². The highest BCUT2D eigenvalue weighted by Crippen LogP contribution is 2.38. The van der Waals surface area contributed by atoms with E-state index >= 15 is 0 Å². The minimum Gasteiger partial charge on any atom is -0.493 e. The first-order valence-corrected chi connectivity index (χ1v) is 10.6. The third kappa shape index (κ3) is 5.59. The average Bonchev–Trinajstić information content (AvgIpc) is 3.55. The molecule has 1 aliphatic rings. The molecule has 0 heterocycles. The number of nitro benzene ring substituents is 1. The summed E-state index contributed by atoms with van der Waals surface area (Å²) in [7, 11) is 0. The smallest absolute Gasteiger partial charge is 0.310 e. The van der Waals surface area contributed by atoms with Gasteiger partial charge in [0.2, 0.25) is 0 Å². The number of non-ortho nitro benzene ring substituents is 1. The van der Waals surface area contributed by atoms with E-state index in [1.807, 2.05) is 18.2 Å². The van der Waals surface area contributed by atoms with Gasteiger partial charge in [0.25, 0.3) is 5.69 Å². The summed E-state index contributed by atoms with van der Waals surface area (Å²) in [6.45, 7) is 4.78. The van der Waals surface area contributed by atoms with Crippen molar-refractivity contribution in [2.75, 3.05) is 6.61 Å². The van der Waals surface area contributed by atoms with Gasteiger partial charge < -0.3 is 9.84 Å². The Morgan fingerprint density at radius 1 is 1.27 bits per heavy atom. The number of carboxylic acids is 1. The van der Waals surface area contributed by atoms with E-state index in [0.717, 1.165) is 25.7 Å². The Labute approximate surface area is 177 Å². The molecule has 0 bridgehead atoms. The summed E-state index contributed by atoms with van der Waals surface area (Å²) in [6, 6.07) is 11.9. The molecular formula is C24H29NO5. The summed E-state index contributed by atoms with van der Waals surface area (Å²) in [5, 5.41) is 21.1. The summed E-state index contributed by atoms with van der Waals surface area (Å²) in [5.41, 5.74) is 2.05. The van der Waals surface area contributed by atoms with E-state index in [-0.39, 0.29) is 5.69 Å². The lowest BCUT2D eigenvalue weighted by Gasteiger charge is -2.20. The molecule has 0 saturated heterocycles. The van der Waals surface area contributed by atoms with Crippen LogP contribution in [-0.4, -0.2) is 22.6 Å². The van der Waals surface area contributed by atoms with Gasteiger partial charge >= 0.3 is 5.97 Å². The highest BCUT2D eigenvalue weighted by molar-refractivity contribution is 5.79. The van der Waals surface area contributed by atoms with Crippen LogP contribution in [0.5, 0.6) is 5.75 Å². The van der Waals surface area contributed by atoms with Crippen molar-refractivity contribution >= 4 is 11.7 Å². The molecule has 2 unspecified atom stereocenters. The molecule has 2 atom stereocenters. The lowest BCUT2D eigenvalue weighted by atomic mass is 9.86. The number of nitrogens with zero attached hydrogens (tertiary/aromatic N) is 1. The zero-order valence-corrected chi connectivity index (χ0v) is 17.5. The van der Waals surface area contributed by atoms with Gasteiger partial charge in [-0.2, -0.15) is 0 Å². The van der Waals surface area contributed by atoms with Crippen LogP contribution in [-0.2, 0) is 4.79 Å². The normalized spacial score (nSPS) is 15.4. The first-order chi connectivity index (χ1) is 14.4. The van der Waals surface area contributed by atoms with Crippen molar-refractivity contribution in [3.8, 4) is 16.9 Å². The van der Waals surface area contributed by atoms with Crippen molar-refractivity contribution in [1.82, 2.24) is 0 Å². The van der Waals surface area contributed by atoms with E-state index in [4.69, 9.17) is 4.74 Å². The van der Waals surface area contributed by atoms with Gasteiger partial charge in [-0.3, -0.25) is 14.9 Å². The Balaban J connectivity index is 1.99. The van der Waals surface area contributed by atoms with E-state index < -0.39 is 16.8 Å². The predicted octanol–water partition coefficient (Wildman–Crippen LogP) is 6.05. The fourth-order valence-corrected chi connectivity index (χ4v) is 3.79. The number of hydrogen-bond donors (Lipinski definition) is 1. The number of nitro groups is 1. The minimum atomic E-state index is -0.852. The maximum absolute atomic E-state index is 12.0. The minimum absolute atomic E-state index is 0.00241. The fourth-order valence-electron chi connectivity index (χ4n) is 3.79. The van der Waals surface area contributed by atoms with Crippen LogP contribution >= 0.6 is 0 Å². The zero-order chi connectivity index (χ0) is 21.7. The zero-order valence-electron chi connectivity index (χ0n) is 17.5. The largest absolute Gasteiger partial charge is 0.493 e. The topological polar surface area (TPSA) is 89.7 Å². The number of carbonyl (C=O) groups is 1. The molecule has 2 aromatic carbocycles. The Morgan fingerprint density at radius 3 is 2.67 bits per heavy atom. The van der Waals surface area contributed by atoms with Gasteiger partial charge in [-0.05, 0) is 54.4 Å². The third-order valence-corrected chi connectivity index (χ3v) is 5.66. The van der Waals surface area contributed by atoms with Crippen molar-refractivity contribution in [3.63, 3.8) is 0 Å². The Kier molecular flexibility index (Phi) is 7.08. The molecule has 2 aromatic rings. The van der Waals surface area contributed by atoms with E-state index in [1.54, 1.807) is 12.1 Å². The van der Waals surface area contributed by atoms with Gasteiger partial charge in [-0.15, -0.1) is 0 Å². The van der Waals surface area contributed by atoms with Crippen molar-refractivity contribution in [2.45, 2.75) is 51.9 Å². The molecule has 6 heteroatoms. The molecular weight excluding hydrogens is 382 g/mol. The molecule has 30 heavy (non-hydrogen) atoms. The van der Waals surface area contributed by atoms with Gasteiger partial charge in [-0.25, -0.2) is 0 Å². The summed E-state index contributed by atoms with van der Waals surface area (Å²) in [4.78, 5) is 22.8. The lowest BCUT2D eigenvalue weighted by molar-refractivity contribution is -0.384. The van der Waals surface area contributed by atoms with Crippen LogP contribution in [0.15, 0.2) is 42.5 Å². The van der Waals surface area contributed by atoms with Crippen molar-refractivity contribution in [1.29, 1.82) is 0 Å². The van der Waals surface area contributed by atoms with Crippen LogP contribution in [0.3, 0.4) is 0 Å². The monoisotopic (exact) mass is 411 g/mol. The van der Waals surface area contributed by atoms with Gasteiger partial charge in [-0.1, -0.05) is 44.9 Å². The molecule has 0 aromatic heterocycles. The Bertz CT molecular complexity index is 906. The second kappa shape index (κ2) is 9.74. The van der Waals surface area contributed by atoms with Crippen molar-refractivity contribution in [3.05, 3.63) is 58.1 Å². The summed E-state index contributed by atoms with van der Waals surface area (Å²) in [5.74, 6) is 0.0143. The first kappa shape index (κ1) is 21.8. The van der Waals surface area contributed by atoms with Crippen LogP contribution in [0, 0.1) is 22.0 Å². The molecule has 0 radical (unpaired) electrons. The van der Waals surface area contributed by atoms with E-state index in [0.29, 0.717) is 47.3 Å². The molecule has 0 aliphatic heterocycles. The fraction of sp³-hybridized carbons (Fsp3) is 0.458. The molecule has 6 nitrogen and oxygen atoms in total. The molecule has 0 amide bonds. The van der Waals surface area contributed by atoms with Gasteiger partial charge in [0.15, 0.2) is 0 Å². The van der Waals surface area contributed by atoms with E-state index in [9.17, 15) is 20.0 Å². The van der Waals surface area contributed by atoms with E-state index in [1.165, 1.54) is 12.1 Å². The molecule has 1 N–H and O–H groups in total. The SMILES string of the molecule is CCCC(C)CC(C(=O)O)c1ccc(OCC2CC2)c(-c2cccc([N+](=O)[O-])c2)c1. The highest BCUT2D eigenvalue weighted by atomic mass is 16.6. The van der Waals surface area contributed by atoms with Crippen molar-refractivity contribution in [2.24, 2.45) is 11.8 Å². The number of benzene rings is 2. The first-order valence-electron chi connectivity index (χ1n) is 10.6. The Hall–Kier alpha value is -2.89. The van der Waals surface area contributed by atoms with Crippen molar-refractivity contribution < 1.29 is 19.6 Å². The maximum Gasteiger partial charge on any atom is 0.310 e. The van der Waals surface area contributed by atoms with Crippen LogP contribution in [0.2, 0.25) is 0 Å². The number of aliphatic carboxylic acids is 1. The summed E-state index contributed by atoms with van der Waals surface area (Å²) >= 11 is 0. The number of carboxylic acid groups (broad SMARTS) is 1. The average molecular weight is 411 g/mol. The third-order valence-electron chi connectivity index (χ3n) is 5.66.